The van der Waals surface area contributed by atoms with Crippen molar-refractivity contribution in [2.24, 2.45) is 0 Å². The zero-order chi connectivity index (χ0) is 15.6. The monoisotopic (exact) mass is 306 g/mol. The first-order valence-corrected chi connectivity index (χ1v) is 7.88. The second-order valence-electron chi connectivity index (χ2n) is 6.01. The van der Waals surface area contributed by atoms with E-state index >= 15 is 0 Å². The highest BCUT2D eigenvalue weighted by atomic mass is 16.1. The van der Waals surface area contributed by atoms with Crippen molar-refractivity contribution in [3.8, 4) is 0 Å². The molecule has 0 N–H and O–H groups in total. The highest BCUT2D eigenvalue weighted by Gasteiger charge is 2.25. The van der Waals surface area contributed by atoms with Crippen molar-refractivity contribution in [1.82, 2.24) is 19.4 Å². The predicted octanol–water partition coefficient (Wildman–Crippen LogP) is 2.24. The summed E-state index contributed by atoms with van der Waals surface area (Å²) in [5.74, 6) is 0. The van der Waals surface area contributed by atoms with Crippen LogP contribution < -0.4 is 5.56 Å². The second kappa shape index (κ2) is 5.93. The van der Waals surface area contributed by atoms with Crippen LogP contribution >= 0.6 is 0 Å². The summed E-state index contributed by atoms with van der Waals surface area (Å²) in [4.78, 5) is 23.5. The number of aromatic nitrogens is 3. The number of fused-ring (bicyclic) bond motifs is 1. The molecule has 3 aromatic rings. The van der Waals surface area contributed by atoms with E-state index in [1.807, 2.05) is 6.07 Å². The van der Waals surface area contributed by atoms with Gasteiger partial charge in [0.1, 0.15) is 0 Å². The molecule has 1 unspecified atom stereocenters. The van der Waals surface area contributed by atoms with E-state index in [0.717, 1.165) is 26.1 Å². The summed E-state index contributed by atoms with van der Waals surface area (Å²) < 4.78 is 1.77. The van der Waals surface area contributed by atoms with Crippen molar-refractivity contribution in [1.29, 1.82) is 0 Å². The zero-order valence-corrected chi connectivity index (χ0v) is 12.8. The van der Waals surface area contributed by atoms with Gasteiger partial charge in [-0.05, 0) is 18.1 Å². The lowest BCUT2D eigenvalue weighted by atomic mass is 10.2. The normalized spacial score (nSPS) is 18.5. The van der Waals surface area contributed by atoms with Crippen LogP contribution in [0, 0.1) is 0 Å². The maximum absolute atomic E-state index is 12.6. The minimum atomic E-state index is 0.00895. The Hall–Kier alpha value is -2.53. The third-order valence-electron chi connectivity index (χ3n) is 4.47. The largest absolute Gasteiger partial charge is 0.297 e. The Labute approximate surface area is 134 Å². The van der Waals surface area contributed by atoms with Gasteiger partial charge in [-0.25, -0.2) is 4.98 Å². The van der Waals surface area contributed by atoms with E-state index in [0.29, 0.717) is 10.9 Å². The topological polar surface area (TPSA) is 51.0 Å². The van der Waals surface area contributed by atoms with E-state index in [1.54, 1.807) is 29.4 Å². The molecule has 3 heterocycles. The molecular weight excluding hydrogens is 288 g/mol. The number of hydrogen-bond acceptors (Lipinski definition) is 4. The Kier molecular flexibility index (Phi) is 3.63. The summed E-state index contributed by atoms with van der Waals surface area (Å²) in [5.41, 5.74) is 2.02. The maximum Gasteiger partial charge on any atom is 0.263 e. The van der Waals surface area contributed by atoms with Crippen LogP contribution in [0.1, 0.15) is 18.0 Å². The number of hydrogen-bond donors (Lipinski definition) is 0. The molecule has 2 aromatic heterocycles. The number of nitrogens with zero attached hydrogens (tertiary/aromatic N) is 4. The van der Waals surface area contributed by atoms with Crippen molar-refractivity contribution >= 4 is 10.9 Å². The van der Waals surface area contributed by atoms with Gasteiger partial charge in [0.2, 0.25) is 0 Å². The van der Waals surface area contributed by atoms with E-state index in [9.17, 15) is 4.79 Å². The quantitative estimate of drug-likeness (QED) is 0.744. The van der Waals surface area contributed by atoms with Gasteiger partial charge in [0.15, 0.2) is 0 Å². The zero-order valence-electron chi connectivity index (χ0n) is 12.8. The Morgan fingerprint density at radius 2 is 2.04 bits per heavy atom. The molecule has 0 aliphatic carbocycles. The van der Waals surface area contributed by atoms with Crippen molar-refractivity contribution < 1.29 is 0 Å². The lowest BCUT2D eigenvalue weighted by molar-refractivity contribution is 0.315. The van der Waals surface area contributed by atoms with Crippen molar-refractivity contribution in [3.63, 3.8) is 0 Å². The lowest BCUT2D eigenvalue weighted by Crippen LogP contribution is -2.28. The van der Waals surface area contributed by atoms with Gasteiger partial charge in [-0.15, -0.1) is 0 Å². The van der Waals surface area contributed by atoms with Gasteiger partial charge in [-0.3, -0.25) is 19.2 Å². The van der Waals surface area contributed by atoms with Gasteiger partial charge in [0.05, 0.1) is 23.3 Å². The van der Waals surface area contributed by atoms with Crippen LogP contribution in [0.15, 0.2) is 59.9 Å². The molecule has 0 bridgehead atoms. The van der Waals surface area contributed by atoms with Gasteiger partial charge in [0, 0.05) is 32.0 Å². The summed E-state index contributed by atoms with van der Waals surface area (Å²) in [6.45, 7) is 2.80. The molecular formula is C18H18N4O. The van der Waals surface area contributed by atoms with E-state index in [1.165, 1.54) is 5.56 Å². The first kappa shape index (κ1) is 14.1. The molecule has 23 heavy (non-hydrogen) atoms. The van der Waals surface area contributed by atoms with Crippen LogP contribution in [0.3, 0.4) is 0 Å². The van der Waals surface area contributed by atoms with Crippen LogP contribution in [0.4, 0.5) is 0 Å². The minimum Gasteiger partial charge on any atom is -0.297 e. The molecule has 1 aromatic carbocycles. The van der Waals surface area contributed by atoms with Crippen molar-refractivity contribution in [2.75, 3.05) is 13.1 Å². The van der Waals surface area contributed by atoms with Crippen molar-refractivity contribution in [3.05, 3.63) is 71.0 Å². The second-order valence-corrected chi connectivity index (χ2v) is 6.01. The van der Waals surface area contributed by atoms with Crippen molar-refractivity contribution in [2.45, 2.75) is 19.0 Å². The standard InChI is InChI=1S/C18H18N4O/c23-18-16-10-19-8-6-17(16)20-13-22(18)15-7-9-21(12-15)11-14-4-2-1-3-5-14/h1-6,8,10,13,15H,7,9,11-12H2. The Morgan fingerprint density at radius 1 is 1.17 bits per heavy atom. The van der Waals surface area contributed by atoms with Crippen LogP contribution in [-0.2, 0) is 6.54 Å². The number of rotatable bonds is 3. The van der Waals surface area contributed by atoms with Crippen LogP contribution in [0.25, 0.3) is 10.9 Å². The highest BCUT2D eigenvalue weighted by molar-refractivity contribution is 5.75. The fourth-order valence-corrected chi connectivity index (χ4v) is 3.26. The van der Waals surface area contributed by atoms with Gasteiger partial charge >= 0.3 is 0 Å². The highest BCUT2D eigenvalue weighted by Crippen LogP contribution is 2.22. The third kappa shape index (κ3) is 2.75. The Morgan fingerprint density at radius 3 is 2.91 bits per heavy atom. The molecule has 1 saturated heterocycles. The molecule has 0 spiro atoms. The van der Waals surface area contributed by atoms with Gasteiger partial charge < -0.3 is 0 Å². The van der Waals surface area contributed by atoms with Gasteiger partial charge in [0.25, 0.3) is 5.56 Å². The summed E-state index contributed by atoms with van der Waals surface area (Å²) >= 11 is 0. The minimum absolute atomic E-state index is 0.00895. The SMILES string of the molecule is O=c1c2cnccc2ncn1C1CCN(Cc2ccccc2)C1. The Bertz CT molecular complexity index is 875. The predicted molar refractivity (Wildman–Crippen MR) is 89.2 cm³/mol. The summed E-state index contributed by atoms with van der Waals surface area (Å²) in [5, 5.41) is 0.594. The Balaban J connectivity index is 1.56. The molecule has 5 heteroatoms. The first-order valence-electron chi connectivity index (χ1n) is 7.88. The molecule has 1 atom stereocenters. The van der Waals surface area contributed by atoms with E-state index < -0.39 is 0 Å². The molecule has 1 aliphatic heterocycles. The summed E-state index contributed by atoms with van der Waals surface area (Å²) in [7, 11) is 0. The molecule has 1 aliphatic rings. The van der Waals surface area contributed by atoms with Crippen LogP contribution in [0.2, 0.25) is 0 Å². The number of benzene rings is 1. The summed E-state index contributed by atoms with van der Waals surface area (Å²) in [6.07, 6.45) is 5.93. The molecule has 5 nitrogen and oxygen atoms in total. The molecule has 0 saturated carbocycles. The van der Waals surface area contributed by atoms with Crippen LogP contribution in [0.5, 0.6) is 0 Å². The van der Waals surface area contributed by atoms with Gasteiger partial charge in [-0.1, -0.05) is 30.3 Å². The molecule has 0 amide bonds. The molecule has 1 fully saturated rings. The lowest BCUT2D eigenvalue weighted by Gasteiger charge is -2.17. The third-order valence-corrected chi connectivity index (χ3v) is 4.47. The van der Waals surface area contributed by atoms with E-state index in [-0.39, 0.29) is 11.6 Å². The fourth-order valence-electron chi connectivity index (χ4n) is 3.26. The molecule has 4 rings (SSSR count). The smallest absolute Gasteiger partial charge is 0.263 e. The number of likely N-dealkylation sites (tertiary alicyclic amines) is 1. The van der Waals surface area contributed by atoms with Crippen LogP contribution in [-0.4, -0.2) is 32.5 Å². The first-order chi connectivity index (χ1) is 11.3. The van der Waals surface area contributed by atoms with E-state index in [2.05, 4.69) is 39.1 Å². The van der Waals surface area contributed by atoms with Gasteiger partial charge in [-0.2, -0.15) is 0 Å². The fraction of sp³-hybridized carbons (Fsp3) is 0.278. The molecule has 116 valence electrons. The maximum atomic E-state index is 12.6. The molecule has 0 radical (unpaired) electrons. The average Bonchev–Trinajstić information content (AvgIpc) is 3.04. The summed E-state index contributed by atoms with van der Waals surface area (Å²) in [6, 6.07) is 12.4. The van der Waals surface area contributed by atoms with E-state index in [4.69, 9.17) is 0 Å². The number of pyridine rings is 1. The average molecular weight is 306 g/mol.